The van der Waals surface area contributed by atoms with Crippen molar-refractivity contribution in [3.63, 3.8) is 0 Å². The number of thiophene rings is 1. The second-order valence-electron chi connectivity index (χ2n) is 6.12. The molecule has 2 fully saturated rings. The monoisotopic (exact) mass is 366 g/mol. The Hall–Kier alpha value is -0.830. The smallest absolute Gasteiger partial charge is 0.211 e. The van der Waals surface area contributed by atoms with Gasteiger partial charge in [-0.3, -0.25) is 4.90 Å². The van der Waals surface area contributed by atoms with Gasteiger partial charge < -0.3 is 14.2 Å². The number of ether oxygens (including phenoxy) is 3. The van der Waals surface area contributed by atoms with Gasteiger partial charge in [0.1, 0.15) is 5.01 Å². The van der Waals surface area contributed by atoms with Crippen LogP contribution in [0.3, 0.4) is 0 Å². The first kappa shape index (κ1) is 16.6. The quantitative estimate of drug-likeness (QED) is 0.751. The summed E-state index contributed by atoms with van der Waals surface area (Å²) in [5, 5.41) is 3.06. The molecule has 0 spiro atoms. The van der Waals surface area contributed by atoms with Gasteiger partial charge in [0.15, 0.2) is 0 Å². The largest absolute Gasteiger partial charge is 0.377 e. The highest BCUT2D eigenvalue weighted by Gasteiger charge is 2.23. The molecule has 0 aromatic carbocycles. The lowest BCUT2D eigenvalue weighted by atomic mass is 10.2. The molecule has 2 aromatic heterocycles. The molecule has 24 heavy (non-hydrogen) atoms. The fourth-order valence-corrected chi connectivity index (χ4v) is 4.82. The molecule has 5 nitrogen and oxygen atoms in total. The summed E-state index contributed by atoms with van der Waals surface area (Å²) in [6.07, 6.45) is 4.39. The van der Waals surface area contributed by atoms with Gasteiger partial charge in [-0.15, -0.1) is 22.7 Å². The van der Waals surface area contributed by atoms with Crippen molar-refractivity contribution in [2.24, 2.45) is 0 Å². The third-order valence-electron chi connectivity index (χ3n) is 4.22. The van der Waals surface area contributed by atoms with Crippen molar-refractivity contribution in [3.05, 3.63) is 38.5 Å². The number of thiazole rings is 1. The van der Waals surface area contributed by atoms with Gasteiger partial charge in [0.2, 0.25) is 6.29 Å². The molecule has 2 aliphatic heterocycles. The SMILES string of the molecule is c1csc(CN(Cc2cnc(C3OCCO3)s2)C[C@H]2CCCO2)c1. The van der Waals surface area contributed by atoms with Crippen molar-refractivity contribution >= 4 is 22.7 Å². The van der Waals surface area contributed by atoms with Gasteiger partial charge in [0.05, 0.1) is 19.3 Å². The van der Waals surface area contributed by atoms with Crippen molar-refractivity contribution in [2.45, 2.75) is 38.3 Å². The van der Waals surface area contributed by atoms with Gasteiger partial charge in [0.25, 0.3) is 0 Å². The van der Waals surface area contributed by atoms with E-state index >= 15 is 0 Å². The van der Waals surface area contributed by atoms with Crippen LogP contribution in [0.2, 0.25) is 0 Å². The van der Waals surface area contributed by atoms with Crippen LogP contribution in [0.4, 0.5) is 0 Å². The summed E-state index contributed by atoms with van der Waals surface area (Å²) in [5.41, 5.74) is 0. The van der Waals surface area contributed by atoms with Crippen LogP contribution in [0.5, 0.6) is 0 Å². The molecule has 0 radical (unpaired) electrons. The summed E-state index contributed by atoms with van der Waals surface area (Å²) < 4.78 is 16.9. The minimum atomic E-state index is -0.271. The summed E-state index contributed by atoms with van der Waals surface area (Å²) in [6, 6.07) is 4.31. The zero-order valence-corrected chi connectivity index (χ0v) is 15.2. The van der Waals surface area contributed by atoms with Crippen molar-refractivity contribution < 1.29 is 14.2 Å². The lowest BCUT2D eigenvalue weighted by molar-refractivity contribution is -0.0442. The average Bonchev–Trinajstić information content (AvgIpc) is 3.37. The molecule has 2 saturated heterocycles. The lowest BCUT2D eigenvalue weighted by Crippen LogP contribution is -2.31. The Morgan fingerprint density at radius 1 is 1.12 bits per heavy atom. The average molecular weight is 367 g/mol. The maximum absolute atomic E-state index is 5.84. The topological polar surface area (TPSA) is 43.8 Å². The fraction of sp³-hybridized carbons (Fsp3) is 0.588. The number of rotatable bonds is 7. The van der Waals surface area contributed by atoms with Crippen LogP contribution >= 0.6 is 22.7 Å². The lowest BCUT2D eigenvalue weighted by Gasteiger charge is -2.24. The fourth-order valence-electron chi connectivity index (χ4n) is 3.11. The highest BCUT2D eigenvalue weighted by molar-refractivity contribution is 7.11. The summed E-state index contributed by atoms with van der Waals surface area (Å²) in [5.74, 6) is 0. The van der Waals surface area contributed by atoms with E-state index in [2.05, 4.69) is 27.4 Å². The molecule has 0 aliphatic carbocycles. The van der Waals surface area contributed by atoms with Crippen LogP contribution in [-0.4, -0.2) is 42.4 Å². The van der Waals surface area contributed by atoms with E-state index < -0.39 is 0 Å². The maximum atomic E-state index is 5.84. The molecule has 0 unspecified atom stereocenters. The van der Waals surface area contributed by atoms with Gasteiger partial charge in [-0.25, -0.2) is 4.98 Å². The van der Waals surface area contributed by atoms with E-state index in [0.717, 1.165) is 31.2 Å². The van der Waals surface area contributed by atoms with E-state index in [1.807, 2.05) is 17.5 Å². The van der Waals surface area contributed by atoms with Crippen molar-refractivity contribution in [1.29, 1.82) is 0 Å². The number of aromatic nitrogens is 1. The molecular weight excluding hydrogens is 344 g/mol. The van der Waals surface area contributed by atoms with Crippen molar-refractivity contribution in [2.75, 3.05) is 26.4 Å². The van der Waals surface area contributed by atoms with Gasteiger partial charge in [0, 0.05) is 42.2 Å². The standard InChI is InChI=1S/C17H22N2O3S2/c1-3-13(20-5-1)10-19(11-14-4-2-8-23-14)12-15-9-18-16(24-15)17-21-6-7-22-17/h2,4,8-9,13,17H,1,3,5-7,10-12H2/t13-/m1/s1. The van der Waals surface area contributed by atoms with Gasteiger partial charge in [-0.1, -0.05) is 6.07 Å². The Morgan fingerprint density at radius 3 is 2.75 bits per heavy atom. The van der Waals surface area contributed by atoms with Crippen LogP contribution < -0.4 is 0 Å². The molecule has 0 N–H and O–H groups in total. The molecule has 4 heterocycles. The van der Waals surface area contributed by atoms with E-state index in [1.165, 1.54) is 22.6 Å². The highest BCUT2D eigenvalue weighted by atomic mass is 32.1. The molecule has 4 rings (SSSR count). The number of hydrogen-bond acceptors (Lipinski definition) is 7. The van der Waals surface area contributed by atoms with Crippen LogP contribution in [0.15, 0.2) is 23.7 Å². The molecule has 7 heteroatoms. The number of nitrogens with zero attached hydrogens (tertiary/aromatic N) is 2. The number of hydrogen-bond donors (Lipinski definition) is 0. The zero-order chi connectivity index (χ0) is 16.2. The summed E-state index contributed by atoms with van der Waals surface area (Å²) in [6.45, 7) is 5.04. The molecule has 0 saturated carbocycles. The second kappa shape index (κ2) is 8.03. The molecule has 2 aromatic rings. The van der Waals surface area contributed by atoms with E-state index in [4.69, 9.17) is 14.2 Å². The normalized spacial score (nSPS) is 22.0. The van der Waals surface area contributed by atoms with Gasteiger partial charge >= 0.3 is 0 Å². The van der Waals surface area contributed by atoms with Gasteiger partial charge in [-0.2, -0.15) is 0 Å². The third kappa shape index (κ3) is 4.22. The van der Waals surface area contributed by atoms with Crippen molar-refractivity contribution in [1.82, 2.24) is 9.88 Å². The second-order valence-corrected chi connectivity index (χ2v) is 8.30. The molecule has 2 aliphatic rings. The Labute approximate surface area is 150 Å². The Kier molecular flexibility index (Phi) is 5.57. The van der Waals surface area contributed by atoms with E-state index in [-0.39, 0.29) is 6.29 Å². The van der Waals surface area contributed by atoms with Crippen LogP contribution in [-0.2, 0) is 27.3 Å². The highest BCUT2D eigenvalue weighted by Crippen LogP contribution is 2.28. The molecule has 130 valence electrons. The third-order valence-corrected chi connectivity index (χ3v) is 6.08. The minimum absolute atomic E-state index is 0.271. The summed E-state index contributed by atoms with van der Waals surface area (Å²) in [7, 11) is 0. The first-order valence-corrected chi connectivity index (χ1v) is 10.1. The summed E-state index contributed by atoms with van der Waals surface area (Å²) >= 11 is 3.50. The Morgan fingerprint density at radius 2 is 2.00 bits per heavy atom. The predicted molar refractivity (Wildman–Crippen MR) is 94.2 cm³/mol. The first-order chi connectivity index (χ1) is 11.9. The van der Waals surface area contributed by atoms with E-state index in [1.54, 1.807) is 11.3 Å². The zero-order valence-electron chi connectivity index (χ0n) is 13.6. The molecule has 1 atom stereocenters. The maximum Gasteiger partial charge on any atom is 0.211 e. The predicted octanol–water partition coefficient (Wildman–Crippen LogP) is 3.43. The molecule has 0 amide bonds. The minimum Gasteiger partial charge on any atom is -0.377 e. The van der Waals surface area contributed by atoms with Crippen LogP contribution in [0, 0.1) is 0 Å². The van der Waals surface area contributed by atoms with E-state index in [9.17, 15) is 0 Å². The van der Waals surface area contributed by atoms with Crippen LogP contribution in [0.1, 0.15) is 33.9 Å². The van der Waals surface area contributed by atoms with Gasteiger partial charge in [-0.05, 0) is 24.3 Å². The van der Waals surface area contributed by atoms with Crippen molar-refractivity contribution in [3.8, 4) is 0 Å². The Balaban J connectivity index is 1.41. The molecule has 0 bridgehead atoms. The van der Waals surface area contributed by atoms with E-state index in [0.29, 0.717) is 19.3 Å². The Bertz CT molecular complexity index is 620. The van der Waals surface area contributed by atoms with Crippen LogP contribution in [0.25, 0.3) is 0 Å². The summed E-state index contributed by atoms with van der Waals surface area (Å²) in [4.78, 5) is 9.60. The molecular formula is C17H22N2O3S2. The first-order valence-electron chi connectivity index (χ1n) is 8.41.